The number of rotatable bonds is 4. The number of hydrogen-bond donors (Lipinski definition) is 0. The van der Waals surface area contributed by atoms with Crippen LogP contribution in [0.15, 0.2) is 0 Å². The molecule has 0 fully saturated rings. The Morgan fingerprint density at radius 1 is 1.50 bits per heavy atom. The van der Waals surface area contributed by atoms with E-state index in [1.54, 1.807) is 13.8 Å². The first kappa shape index (κ1) is 10.9. The van der Waals surface area contributed by atoms with Crippen molar-refractivity contribution >= 4 is 11.9 Å². The Hall–Kier alpha value is -1.06. The van der Waals surface area contributed by atoms with Gasteiger partial charge in [0.25, 0.3) is 0 Å². The van der Waals surface area contributed by atoms with Gasteiger partial charge in [-0.2, -0.15) is 0 Å². The summed E-state index contributed by atoms with van der Waals surface area (Å²) in [4.78, 5) is 21.5. The minimum Gasteiger partial charge on any atom is -0.463 e. The maximum Gasteiger partial charge on any atom is 0.347 e. The molecule has 0 aromatic heterocycles. The highest BCUT2D eigenvalue weighted by Gasteiger charge is 2.17. The van der Waals surface area contributed by atoms with E-state index in [2.05, 4.69) is 9.47 Å². The zero-order valence-electron chi connectivity index (χ0n) is 7.49. The van der Waals surface area contributed by atoms with Crippen molar-refractivity contribution < 1.29 is 19.1 Å². The van der Waals surface area contributed by atoms with Crippen LogP contribution in [-0.2, 0) is 19.1 Å². The fourth-order valence-corrected chi connectivity index (χ4v) is 0.550. The van der Waals surface area contributed by atoms with Crippen LogP contribution in [0.2, 0.25) is 0 Å². The summed E-state index contributed by atoms with van der Waals surface area (Å²) in [6.45, 7) is 4.99. The molecular formula is C8H13O4. The molecule has 0 amide bonds. The Morgan fingerprint density at radius 2 is 2.08 bits per heavy atom. The summed E-state index contributed by atoms with van der Waals surface area (Å²) in [5.41, 5.74) is 0. The lowest BCUT2D eigenvalue weighted by Gasteiger charge is -2.10. The third kappa shape index (κ3) is 3.95. The first-order valence-corrected chi connectivity index (χ1v) is 3.78. The van der Waals surface area contributed by atoms with Gasteiger partial charge in [-0.15, -0.1) is 0 Å². The SMILES string of the molecule is C[CH]C(=O)OC(C)C(=O)OCC. The predicted octanol–water partition coefficient (Wildman–Crippen LogP) is 0.705. The highest BCUT2D eigenvalue weighted by molar-refractivity contribution is 5.82. The van der Waals surface area contributed by atoms with Crippen molar-refractivity contribution in [3.63, 3.8) is 0 Å². The van der Waals surface area contributed by atoms with Crippen LogP contribution < -0.4 is 0 Å². The third-order valence-electron chi connectivity index (χ3n) is 1.15. The second kappa shape index (κ2) is 5.57. The second-order valence-electron chi connectivity index (χ2n) is 2.12. The van der Waals surface area contributed by atoms with E-state index in [9.17, 15) is 9.59 Å². The van der Waals surface area contributed by atoms with Gasteiger partial charge in [-0.3, -0.25) is 4.79 Å². The monoisotopic (exact) mass is 173 g/mol. The molecule has 0 N–H and O–H groups in total. The van der Waals surface area contributed by atoms with E-state index in [0.717, 1.165) is 0 Å². The summed E-state index contributed by atoms with van der Waals surface area (Å²) in [7, 11) is 0. The Kier molecular flexibility index (Phi) is 5.08. The normalized spacial score (nSPS) is 11.9. The summed E-state index contributed by atoms with van der Waals surface area (Å²) < 4.78 is 9.26. The number of hydrogen-bond acceptors (Lipinski definition) is 4. The molecular weight excluding hydrogens is 160 g/mol. The number of esters is 2. The zero-order valence-corrected chi connectivity index (χ0v) is 7.49. The Labute approximate surface area is 71.8 Å². The van der Waals surface area contributed by atoms with E-state index in [1.807, 2.05) is 0 Å². The minimum atomic E-state index is -0.825. The number of carbonyl (C=O) groups excluding carboxylic acids is 2. The highest BCUT2D eigenvalue weighted by Crippen LogP contribution is 1.96. The van der Waals surface area contributed by atoms with Gasteiger partial charge < -0.3 is 9.47 Å². The van der Waals surface area contributed by atoms with Crippen LogP contribution in [0.25, 0.3) is 0 Å². The molecule has 1 radical (unpaired) electrons. The maximum absolute atomic E-state index is 10.9. The van der Waals surface area contributed by atoms with Gasteiger partial charge in [0.2, 0.25) is 0 Å². The summed E-state index contributed by atoms with van der Waals surface area (Å²) in [5.74, 6) is -1.04. The zero-order chi connectivity index (χ0) is 9.56. The lowest BCUT2D eigenvalue weighted by molar-refractivity contribution is -0.164. The largest absolute Gasteiger partial charge is 0.463 e. The summed E-state index contributed by atoms with van der Waals surface area (Å²) in [5, 5.41) is 0. The van der Waals surface area contributed by atoms with Gasteiger partial charge in [-0.1, -0.05) is 6.92 Å². The number of carbonyl (C=O) groups is 2. The molecule has 1 atom stereocenters. The highest BCUT2D eigenvalue weighted by atomic mass is 16.6. The summed E-state index contributed by atoms with van der Waals surface area (Å²) in [6.07, 6.45) is 0.420. The van der Waals surface area contributed by atoms with Crippen LogP contribution in [-0.4, -0.2) is 24.6 Å². The summed E-state index contributed by atoms with van der Waals surface area (Å²) in [6, 6.07) is 0. The molecule has 0 heterocycles. The van der Waals surface area contributed by atoms with Crippen molar-refractivity contribution in [3.05, 3.63) is 6.42 Å². The molecule has 69 valence electrons. The quantitative estimate of drug-likeness (QED) is 0.587. The van der Waals surface area contributed by atoms with Gasteiger partial charge in [0.15, 0.2) is 6.10 Å². The van der Waals surface area contributed by atoms with E-state index in [-0.39, 0.29) is 6.61 Å². The van der Waals surface area contributed by atoms with Gasteiger partial charge in [0, 0.05) is 0 Å². The van der Waals surface area contributed by atoms with E-state index in [4.69, 9.17) is 0 Å². The lowest BCUT2D eigenvalue weighted by Crippen LogP contribution is -2.26. The fraction of sp³-hybridized carbons (Fsp3) is 0.625. The van der Waals surface area contributed by atoms with Crippen molar-refractivity contribution in [2.24, 2.45) is 0 Å². The molecule has 0 aliphatic rings. The molecule has 0 spiro atoms. The van der Waals surface area contributed by atoms with Crippen LogP contribution in [0.1, 0.15) is 20.8 Å². The van der Waals surface area contributed by atoms with Crippen LogP contribution in [0, 0.1) is 6.42 Å². The summed E-state index contributed by atoms with van der Waals surface area (Å²) >= 11 is 0. The maximum atomic E-state index is 10.9. The Balaban J connectivity index is 3.78. The molecule has 0 aliphatic carbocycles. The first-order valence-electron chi connectivity index (χ1n) is 3.78. The van der Waals surface area contributed by atoms with Crippen LogP contribution in [0.5, 0.6) is 0 Å². The average Bonchev–Trinajstić information content (AvgIpc) is 2.04. The molecule has 0 saturated heterocycles. The Morgan fingerprint density at radius 3 is 2.50 bits per heavy atom. The van der Waals surface area contributed by atoms with Crippen LogP contribution in [0.3, 0.4) is 0 Å². The fourth-order valence-electron chi connectivity index (χ4n) is 0.550. The van der Waals surface area contributed by atoms with Gasteiger partial charge >= 0.3 is 11.9 Å². The van der Waals surface area contributed by atoms with E-state index in [1.165, 1.54) is 13.3 Å². The van der Waals surface area contributed by atoms with Gasteiger partial charge in [-0.05, 0) is 13.8 Å². The molecule has 4 heteroatoms. The molecule has 4 nitrogen and oxygen atoms in total. The van der Waals surface area contributed by atoms with E-state index in [0.29, 0.717) is 0 Å². The first-order chi connectivity index (χ1) is 5.61. The molecule has 0 rings (SSSR count). The molecule has 0 bridgehead atoms. The molecule has 0 aliphatic heterocycles. The van der Waals surface area contributed by atoms with Crippen LogP contribution >= 0.6 is 0 Å². The predicted molar refractivity (Wildman–Crippen MR) is 42.2 cm³/mol. The Bertz CT molecular complexity index is 164. The molecule has 1 unspecified atom stereocenters. The lowest BCUT2D eigenvalue weighted by atomic mass is 10.4. The van der Waals surface area contributed by atoms with Crippen molar-refractivity contribution in [3.8, 4) is 0 Å². The minimum absolute atomic E-state index is 0.288. The second-order valence-corrected chi connectivity index (χ2v) is 2.12. The smallest absolute Gasteiger partial charge is 0.347 e. The van der Waals surface area contributed by atoms with Crippen molar-refractivity contribution in [1.29, 1.82) is 0 Å². The molecule has 0 aromatic rings. The van der Waals surface area contributed by atoms with Gasteiger partial charge in [0.1, 0.15) is 0 Å². The van der Waals surface area contributed by atoms with Crippen molar-refractivity contribution in [2.75, 3.05) is 6.61 Å². The molecule has 0 aromatic carbocycles. The van der Waals surface area contributed by atoms with Crippen molar-refractivity contribution in [1.82, 2.24) is 0 Å². The van der Waals surface area contributed by atoms with E-state index < -0.39 is 18.0 Å². The third-order valence-corrected chi connectivity index (χ3v) is 1.15. The molecule has 12 heavy (non-hydrogen) atoms. The van der Waals surface area contributed by atoms with E-state index >= 15 is 0 Å². The average molecular weight is 173 g/mol. The van der Waals surface area contributed by atoms with Gasteiger partial charge in [0.05, 0.1) is 13.0 Å². The van der Waals surface area contributed by atoms with Gasteiger partial charge in [-0.25, -0.2) is 4.79 Å². The van der Waals surface area contributed by atoms with Crippen molar-refractivity contribution in [2.45, 2.75) is 26.9 Å². The molecule has 0 saturated carbocycles. The standard InChI is InChI=1S/C8H13O4/c1-4-7(9)12-6(3)8(10)11-5-2/h4,6H,5H2,1-3H3. The van der Waals surface area contributed by atoms with Crippen LogP contribution in [0.4, 0.5) is 0 Å². The number of ether oxygens (including phenoxy) is 2. The topological polar surface area (TPSA) is 52.6 Å².